The summed E-state index contributed by atoms with van der Waals surface area (Å²) in [4.78, 5) is 28.6. The normalized spacial score (nSPS) is 26.3. The van der Waals surface area contributed by atoms with Gasteiger partial charge in [-0.3, -0.25) is 9.79 Å². The van der Waals surface area contributed by atoms with Crippen LogP contribution < -0.4 is 15.8 Å². The number of anilines is 1. The Morgan fingerprint density at radius 2 is 2.23 bits per heavy atom. The maximum Gasteiger partial charge on any atom is 0.275 e. The van der Waals surface area contributed by atoms with Gasteiger partial charge in [0.15, 0.2) is 11.8 Å². The van der Waals surface area contributed by atoms with Crippen LogP contribution in [0.4, 0.5) is 14.5 Å². The molecule has 31 heavy (non-hydrogen) atoms. The zero-order chi connectivity index (χ0) is 22.2. The minimum atomic E-state index is -1.09. The molecule has 160 valence electrons. The number of nitrogens with two attached hydrogens (primary N) is 1. The van der Waals surface area contributed by atoms with Crippen LogP contribution in [0.2, 0.25) is 0 Å². The van der Waals surface area contributed by atoms with Crippen LogP contribution in [-0.2, 0) is 5.54 Å². The summed E-state index contributed by atoms with van der Waals surface area (Å²) in [6, 6.07) is 1.44. The first-order valence-electron chi connectivity index (χ1n) is 9.27. The SMILES string of the molecule is C#CCOc1cnc(C(=O)Nc2cnc(F)c([C@]3(C)N=C(N)S[C@@]4(CF)C[C@H]43)c2)cn1. The molecule has 0 bridgehead atoms. The second-order valence-electron chi connectivity index (χ2n) is 7.40. The number of hydrogen-bond donors (Lipinski definition) is 2. The molecule has 1 aliphatic heterocycles. The Balaban J connectivity index is 1.57. The zero-order valence-electron chi connectivity index (χ0n) is 16.4. The van der Waals surface area contributed by atoms with Crippen molar-refractivity contribution in [1.29, 1.82) is 0 Å². The lowest BCUT2D eigenvalue weighted by molar-refractivity contribution is 0.102. The first-order valence-corrected chi connectivity index (χ1v) is 10.1. The number of pyridine rings is 1. The number of halogens is 2. The van der Waals surface area contributed by atoms with Gasteiger partial charge in [-0.2, -0.15) is 4.39 Å². The number of ether oxygens (including phenoxy) is 1. The minimum Gasteiger partial charge on any atom is -0.463 e. The maximum absolute atomic E-state index is 14.7. The number of carbonyl (C=O) groups is 1. The van der Waals surface area contributed by atoms with Crippen LogP contribution in [0, 0.1) is 24.2 Å². The Bertz CT molecular complexity index is 1110. The van der Waals surface area contributed by atoms with E-state index in [4.69, 9.17) is 16.9 Å². The van der Waals surface area contributed by atoms with E-state index in [1.54, 1.807) is 6.92 Å². The van der Waals surface area contributed by atoms with Crippen molar-refractivity contribution in [2.24, 2.45) is 16.6 Å². The fourth-order valence-corrected chi connectivity index (χ4v) is 5.09. The number of rotatable bonds is 6. The van der Waals surface area contributed by atoms with E-state index >= 15 is 0 Å². The maximum atomic E-state index is 14.7. The number of aromatic nitrogens is 3. The number of aliphatic imine (C=N–C) groups is 1. The van der Waals surface area contributed by atoms with E-state index in [0.29, 0.717) is 6.42 Å². The van der Waals surface area contributed by atoms with Gasteiger partial charge in [-0.1, -0.05) is 17.7 Å². The van der Waals surface area contributed by atoms with E-state index in [0.717, 1.165) is 0 Å². The summed E-state index contributed by atoms with van der Waals surface area (Å²) in [7, 11) is 0. The number of thioether (sulfide) groups is 1. The van der Waals surface area contributed by atoms with Crippen molar-refractivity contribution < 1.29 is 18.3 Å². The molecular formula is C20H18F2N6O2S. The minimum absolute atomic E-state index is 0.0140. The molecule has 0 aromatic carbocycles. The lowest BCUT2D eigenvalue weighted by atomic mass is 9.86. The monoisotopic (exact) mass is 444 g/mol. The average molecular weight is 444 g/mol. The lowest BCUT2D eigenvalue weighted by Crippen LogP contribution is -2.37. The molecule has 0 spiro atoms. The summed E-state index contributed by atoms with van der Waals surface area (Å²) in [5.74, 6) is 0.916. The number of amidine groups is 1. The standard InChI is InChI=1S/C20H18F2N6O2S/c1-3-4-30-15-9-24-13(8-25-15)17(29)27-11-5-12(16(22)26-7-11)19(2)14-6-20(14,10-21)31-18(23)28-19/h1,5,7-9,14H,4,6,10H2,2H3,(H2,23,28)(H,27,29)/t14-,19-,20+/m0/s1. The third kappa shape index (κ3) is 3.79. The molecule has 3 atom stereocenters. The smallest absolute Gasteiger partial charge is 0.275 e. The quantitative estimate of drug-likeness (QED) is 0.519. The highest BCUT2D eigenvalue weighted by molar-refractivity contribution is 8.15. The highest BCUT2D eigenvalue weighted by atomic mass is 32.2. The molecule has 3 N–H and O–H groups in total. The Hall–Kier alpha value is -3.26. The number of alkyl halides is 1. The summed E-state index contributed by atoms with van der Waals surface area (Å²) in [6.45, 7) is 1.15. The van der Waals surface area contributed by atoms with E-state index < -0.39 is 28.8 Å². The van der Waals surface area contributed by atoms with Crippen molar-refractivity contribution in [2.45, 2.75) is 23.6 Å². The fraction of sp³-hybridized carbons (Fsp3) is 0.350. The van der Waals surface area contributed by atoms with Gasteiger partial charge in [-0.15, -0.1) is 6.42 Å². The Morgan fingerprint density at radius 3 is 2.90 bits per heavy atom. The molecule has 11 heteroatoms. The molecule has 0 saturated heterocycles. The van der Waals surface area contributed by atoms with Crippen LogP contribution in [0.3, 0.4) is 0 Å². The van der Waals surface area contributed by atoms with E-state index in [2.05, 4.69) is 31.2 Å². The van der Waals surface area contributed by atoms with Gasteiger partial charge in [0.1, 0.15) is 12.4 Å². The molecule has 2 aliphatic rings. The third-order valence-corrected chi connectivity index (χ3v) is 6.65. The fourth-order valence-electron chi connectivity index (χ4n) is 3.76. The molecule has 1 fully saturated rings. The summed E-state index contributed by atoms with van der Waals surface area (Å²) < 4.78 is 32.7. The van der Waals surface area contributed by atoms with Crippen molar-refractivity contribution in [3.05, 3.63) is 41.9 Å². The predicted molar refractivity (Wildman–Crippen MR) is 112 cm³/mol. The van der Waals surface area contributed by atoms with Crippen LogP contribution in [0.15, 0.2) is 29.6 Å². The molecule has 4 rings (SSSR count). The van der Waals surface area contributed by atoms with Gasteiger partial charge in [0.05, 0.1) is 34.6 Å². The van der Waals surface area contributed by atoms with Gasteiger partial charge in [0.2, 0.25) is 11.8 Å². The van der Waals surface area contributed by atoms with Crippen molar-refractivity contribution in [3.63, 3.8) is 0 Å². The molecule has 1 saturated carbocycles. The van der Waals surface area contributed by atoms with Crippen LogP contribution in [0.25, 0.3) is 0 Å². The molecule has 3 heterocycles. The molecule has 8 nitrogen and oxygen atoms in total. The Kier molecular flexibility index (Phi) is 5.26. The number of hydrogen-bond acceptors (Lipinski definition) is 8. The van der Waals surface area contributed by atoms with Gasteiger partial charge < -0.3 is 15.8 Å². The summed E-state index contributed by atoms with van der Waals surface area (Å²) in [5, 5.41) is 2.80. The van der Waals surface area contributed by atoms with Crippen molar-refractivity contribution >= 4 is 28.5 Å². The molecule has 0 radical (unpaired) electrons. The third-order valence-electron chi connectivity index (χ3n) is 5.39. The second kappa shape index (κ2) is 7.77. The molecule has 2 aromatic heterocycles. The Morgan fingerprint density at radius 1 is 1.42 bits per heavy atom. The highest BCUT2D eigenvalue weighted by Gasteiger charge is 2.66. The molecule has 2 aromatic rings. The van der Waals surface area contributed by atoms with E-state index in [-0.39, 0.29) is 40.5 Å². The number of carbonyl (C=O) groups excluding carboxylic acids is 1. The van der Waals surface area contributed by atoms with Gasteiger partial charge in [-0.05, 0) is 19.4 Å². The van der Waals surface area contributed by atoms with Crippen LogP contribution in [-0.4, -0.2) is 44.1 Å². The van der Waals surface area contributed by atoms with Crippen LogP contribution >= 0.6 is 11.8 Å². The van der Waals surface area contributed by atoms with E-state index in [9.17, 15) is 13.6 Å². The van der Waals surface area contributed by atoms with Crippen molar-refractivity contribution in [1.82, 2.24) is 15.0 Å². The van der Waals surface area contributed by atoms with Crippen LogP contribution in [0.5, 0.6) is 5.88 Å². The number of nitrogens with one attached hydrogen (secondary N) is 1. The van der Waals surface area contributed by atoms with E-state index in [1.165, 1.54) is 36.4 Å². The van der Waals surface area contributed by atoms with Crippen LogP contribution in [0.1, 0.15) is 29.4 Å². The summed E-state index contributed by atoms with van der Waals surface area (Å²) in [5.41, 5.74) is 5.21. The Labute approximate surface area is 181 Å². The first-order chi connectivity index (χ1) is 14.8. The average Bonchev–Trinajstić information content (AvgIpc) is 3.49. The van der Waals surface area contributed by atoms with Crippen molar-refractivity contribution in [2.75, 3.05) is 18.6 Å². The zero-order valence-corrected chi connectivity index (χ0v) is 17.2. The van der Waals surface area contributed by atoms with Crippen molar-refractivity contribution in [3.8, 4) is 18.2 Å². The molecular weight excluding hydrogens is 426 g/mol. The molecule has 0 unspecified atom stereocenters. The van der Waals surface area contributed by atoms with E-state index in [1.807, 2.05) is 0 Å². The predicted octanol–water partition coefficient (Wildman–Crippen LogP) is 2.28. The summed E-state index contributed by atoms with van der Waals surface area (Å²) in [6.07, 6.45) is 9.30. The topological polar surface area (TPSA) is 115 Å². The van der Waals surface area contributed by atoms with Gasteiger partial charge in [-0.25, -0.2) is 19.3 Å². The number of nitrogens with zero attached hydrogens (tertiary/aromatic N) is 4. The van der Waals surface area contributed by atoms with Gasteiger partial charge >= 0.3 is 0 Å². The molecule has 1 amide bonds. The molecule has 1 aliphatic carbocycles. The largest absolute Gasteiger partial charge is 0.463 e. The van der Waals surface area contributed by atoms with Gasteiger partial charge in [0.25, 0.3) is 5.91 Å². The summed E-state index contributed by atoms with van der Waals surface area (Å²) >= 11 is 1.19. The highest BCUT2D eigenvalue weighted by Crippen LogP contribution is 2.66. The number of fused-ring (bicyclic) bond motifs is 1. The lowest BCUT2D eigenvalue weighted by Gasteiger charge is -2.33. The number of terminal acetylenes is 1. The first kappa shape index (κ1) is 21.0. The second-order valence-corrected chi connectivity index (χ2v) is 8.84. The number of amides is 1. The van der Waals surface area contributed by atoms with Gasteiger partial charge in [0, 0.05) is 11.5 Å².